The summed E-state index contributed by atoms with van der Waals surface area (Å²) in [5.41, 5.74) is 0.799. The molecule has 0 fully saturated rings. The molecule has 0 saturated carbocycles. The Morgan fingerprint density at radius 3 is 2.71 bits per heavy atom. The van der Waals surface area contributed by atoms with E-state index in [1.807, 2.05) is 12.1 Å². The lowest BCUT2D eigenvalue weighted by Crippen LogP contribution is -2.03. The van der Waals surface area contributed by atoms with Gasteiger partial charge >= 0.3 is 0 Å². The number of halogens is 3. The summed E-state index contributed by atoms with van der Waals surface area (Å²) in [6.07, 6.45) is 2.68. The summed E-state index contributed by atoms with van der Waals surface area (Å²) in [6, 6.07) is 5.63. The van der Waals surface area contributed by atoms with Gasteiger partial charge in [0.05, 0.1) is 4.47 Å². The number of rotatable bonds is 6. The van der Waals surface area contributed by atoms with Gasteiger partial charge in [-0.1, -0.05) is 13.0 Å². The molecule has 0 aliphatic carbocycles. The van der Waals surface area contributed by atoms with Crippen LogP contribution in [-0.2, 0) is 6.61 Å². The zero-order valence-electron chi connectivity index (χ0n) is 11.5. The van der Waals surface area contributed by atoms with E-state index in [1.165, 1.54) is 0 Å². The fourth-order valence-electron chi connectivity index (χ4n) is 1.69. The summed E-state index contributed by atoms with van der Waals surface area (Å²) in [5.74, 6) is -0.616. The first-order chi connectivity index (χ1) is 10.1. The molecule has 1 heterocycles. The molecule has 1 aromatic heterocycles. The number of hydrogen-bond donors (Lipinski definition) is 1. The van der Waals surface area contributed by atoms with Crippen molar-refractivity contribution in [3.05, 3.63) is 52.1 Å². The molecule has 0 aliphatic rings. The van der Waals surface area contributed by atoms with Crippen molar-refractivity contribution in [1.82, 2.24) is 4.98 Å². The van der Waals surface area contributed by atoms with Gasteiger partial charge in [-0.2, -0.15) is 0 Å². The van der Waals surface area contributed by atoms with Gasteiger partial charge in [-0.05, 0) is 34.5 Å². The van der Waals surface area contributed by atoms with Crippen LogP contribution in [0.2, 0.25) is 0 Å². The molecule has 0 spiro atoms. The molecule has 0 radical (unpaired) electrons. The molecule has 0 bridgehead atoms. The molecular weight excluding hydrogens is 342 g/mol. The van der Waals surface area contributed by atoms with E-state index in [2.05, 4.69) is 33.2 Å². The van der Waals surface area contributed by atoms with Crippen molar-refractivity contribution in [2.45, 2.75) is 20.0 Å². The lowest BCUT2D eigenvalue weighted by Gasteiger charge is -2.10. The second kappa shape index (κ2) is 7.36. The number of ether oxygens (including phenoxy) is 1. The van der Waals surface area contributed by atoms with Crippen LogP contribution in [-0.4, -0.2) is 11.5 Å². The lowest BCUT2D eigenvalue weighted by molar-refractivity contribution is 0.287. The van der Waals surface area contributed by atoms with Crippen LogP contribution >= 0.6 is 15.9 Å². The molecule has 6 heteroatoms. The van der Waals surface area contributed by atoms with Crippen molar-refractivity contribution < 1.29 is 13.5 Å². The standard InChI is InChI=1S/C15H15BrF2N2O/c1-2-5-19-14-4-3-10(8-20-14)9-21-15-12(16)6-11(17)7-13(15)18/h3-4,6-8H,2,5,9H2,1H3,(H,19,20). The van der Waals surface area contributed by atoms with E-state index in [0.29, 0.717) is 0 Å². The molecule has 0 unspecified atom stereocenters. The highest BCUT2D eigenvalue weighted by molar-refractivity contribution is 9.10. The number of benzene rings is 1. The first-order valence-corrected chi connectivity index (χ1v) is 7.35. The van der Waals surface area contributed by atoms with Crippen LogP contribution in [0.1, 0.15) is 18.9 Å². The average molecular weight is 357 g/mol. The number of nitrogens with zero attached hydrogens (tertiary/aromatic N) is 1. The third-order valence-corrected chi connectivity index (χ3v) is 3.32. The van der Waals surface area contributed by atoms with E-state index < -0.39 is 11.6 Å². The summed E-state index contributed by atoms with van der Waals surface area (Å²) in [5, 5.41) is 3.16. The monoisotopic (exact) mass is 356 g/mol. The van der Waals surface area contributed by atoms with Gasteiger partial charge < -0.3 is 10.1 Å². The van der Waals surface area contributed by atoms with E-state index in [9.17, 15) is 8.78 Å². The Hall–Kier alpha value is -1.69. The molecule has 0 aliphatic heterocycles. The van der Waals surface area contributed by atoms with E-state index in [4.69, 9.17) is 4.74 Å². The molecular formula is C15H15BrF2N2O. The van der Waals surface area contributed by atoms with Crippen LogP contribution in [0.15, 0.2) is 34.9 Å². The second-order valence-electron chi connectivity index (χ2n) is 4.47. The van der Waals surface area contributed by atoms with Crippen molar-refractivity contribution in [3.63, 3.8) is 0 Å². The van der Waals surface area contributed by atoms with Gasteiger partial charge in [0.1, 0.15) is 18.2 Å². The minimum atomic E-state index is -0.740. The van der Waals surface area contributed by atoms with Crippen molar-refractivity contribution in [2.75, 3.05) is 11.9 Å². The number of pyridine rings is 1. The number of aromatic nitrogens is 1. The van der Waals surface area contributed by atoms with Gasteiger partial charge in [-0.15, -0.1) is 0 Å². The average Bonchev–Trinajstić information content (AvgIpc) is 2.45. The minimum absolute atomic E-state index is 0.00964. The van der Waals surface area contributed by atoms with Crippen LogP contribution in [0.25, 0.3) is 0 Å². The third kappa shape index (κ3) is 4.39. The van der Waals surface area contributed by atoms with Crippen LogP contribution in [0, 0.1) is 11.6 Å². The fourth-order valence-corrected chi connectivity index (χ4v) is 2.21. The molecule has 21 heavy (non-hydrogen) atoms. The fraction of sp³-hybridized carbons (Fsp3) is 0.267. The van der Waals surface area contributed by atoms with E-state index >= 15 is 0 Å². The van der Waals surface area contributed by atoms with Gasteiger partial charge in [-0.25, -0.2) is 13.8 Å². The molecule has 0 amide bonds. The molecule has 2 rings (SSSR count). The first-order valence-electron chi connectivity index (χ1n) is 6.56. The SMILES string of the molecule is CCCNc1ccc(COc2c(F)cc(F)cc2Br)cn1. The van der Waals surface area contributed by atoms with Crippen molar-refractivity contribution in [1.29, 1.82) is 0 Å². The highest BCUT2D eigenvalue weighted by Gasteiger charge is 2.11. The van der Waals surface area contributed by atoms with Crippen molar-refractivity contribution in [3.8, 4) is 5.75 Å². The minimum Gasteiger partial charge on any atom is -0.485 e. The Morgan fingerprint density at radius 1 is 1.29 bits per heavy atom. The summed E-state index contributed by atoms with van der Waals surface area (Å²) >= 11 is 3.08. The highest BCUT2D eigenvalue weighted by atomic mass is 79.9. The first kappa shape index (κ1) is 15.7. The maximum atomic E-state index is 13.6. The van der Waals surface area contributed by atoms with Crippen molar-refractivity contribution >= 4 is 21.7 Å². The zero-order valence-corrected chi connectivity index (χ0v) is 13.1. The van der Waals surface area contributed by atoms with Crippen LogP contribution in [0.4, 0.5) is 14.6 Å². The van der Waals surface area contributed by atoms with Crippen LogP contribution in [0.5, 0.6) is 5.75 Å². The molecule has 0 saturated heterocycles. The summed E-state index contributed by atoms with van der Waals surface area (Å²) in [4.78, 5) is 4.23. The van der Waals surface area contributed by atoms with Gasteiger partial charge in [-0.3, -0.25) is 0 Å². The summed E-state index contributed by atoms with van der Waals surface area (Å²) < 4.78 is 32.2. The smallest absolute Gasteiger partial charge is 0.169 e. The largest absolute Gasteiger partial charge is 0.485 e. The summed E-state index contributed by atoms with van der Waals surface area (Å²) in [6.45, 7) is 3.09. The molecule has 112 valence electrons. The number of nitrogens with one attached hydrogen (secondary N) is 1. The van der Waals surface area contributed by atoms with E-state index in [0.717, 1.165) is 36.5 Å². The predicted octanol–water partition coefficient (Wildman–Crippen LogP) is 4.52. The Balaban J connectivity index is 2.00. The zero-order chi connectivity index (χ0) is 15.2. The molecule has 3 nitrogen and oxygen atoms in total. The highest BCUT2D eigenvalue weighted by Crippen LogP contribution is 2.29. The van der Waals surface area contributed by atoms with Gasteiger partial charge in [0.25, 0.3) is 0 Å². The maximum Gasteiger partial charge on any atom is 0.169 e. The lowest BCUT2D eigenvalue weighted by atomic mass is 10.3. The Labute approximate surface area is 130 Å². The van der Waals surface area contributed by atoms with Gasteiger partial charge in [0.2, 0.25) is 0 Å². The Morgan fingerprint density at radius 2 is 2.10 bits per heavy atom. The van der Waals surface area contributed by atoms with E-state index in [-0.39, 0.29) is 16.8 Å². The number of hydrogen-bond acceptors (Lipinski definition) is 3. The Kier molecular flexibility index (Phi) is 5.50. The normalized spacial score (nSPS) is 10.5. The second-order valence-corrected chi connectivity index (χ2v) is 5.32. The van der Waals surface area contributed by atoms with Crippen LogP contribution in [0.3, 0.4) is 0 Å². The van der Waals surface area contributed by atoms with E-state index in [1.54, 1.807) is 6.20 Å². The Bertz CT molecular complexity index is 582. The third-order valence-electron chi connectivity index (χ3n) is 2.73. The molecule has 2 aromatic rings. The maximum absolute atomic E-state index is 13.6. The van der Waals surface area contributed by atoms with Crippen molar-refractivity contribution in [2.24, 2.45) is 0 Å². The van der Waals surface area contributed by atoms with Crippen LogP contribution < -0.4 is 10.1 Å². The van der Waals surface area contributed by atoms with Gasteiger partial charge in [0.15, 0.2) is 11.6 Å². The summed E-state index contributed by atoms with van der Waals surface area (Å²) in [7, 11) is 0. The quantitative estimate of drug-likeness (QED) is 0.825. The predicted molar refractivity (Wildman–Crippen MR) is 81.4 cm³/mol. The molecule has 0 atom stereocenters. The topological polar surface area (TPSA) is 34.1 Å². The number of anilines is 1. The molecule has 1 N–H and O–H groups in total. The molecule has 1 aromatic carbocycles. The van der Waals surface area contributed by atoms with Gasteiger partial charge in [0, 0.05) is 24.4 Å².